The normalized spacial score (nSPS) is 33.7. The number of hydrogen-bond donors (Lipinski definition) is 1. The molecule has 1 aliphatic carbocycles. The number of rotatable bonds is 1. The summed E-state index contributed by atoms with van der Waals surface area (Å²) in [4.78, 5) is 10.7. The summed E-state index contributed by atoms with van der Waals surface area (Å²) in [5, 5.41) is 0. The van der Waals surface area contributed by atoms with Gasteiger partial charge in [-0.25, -0.2) is 0 Å². The van der Waals surface area contributed by atoms with Crippen molar-refractivity contribution >= 4 is 5.91 Å². The van der Waals surface area contributed by atoms with Gasteiger partial charge in [-0.1, -0.05) is 19.8 Å². The van der Waals surface area contributed by atoms with E-state index >= 15 is 0 Å². The van der Waals surface area contributed by atoms with Crippen molar-refractivity contribution in [1.82, 2.24) is 0 Å². The van der Waals surface area contributed by atoms with Crippen molar-refractivity contribution in [3.63, 3.8) is 0 Å². The third-order valence-corrected chi connectivity index (χ3v) is 2.34. The van der Waals surface area contributed by atoms with Crippen LogP contribution in [0.3, 0.4) is 0 Å². The summed E-state index contributed by atoms with van der Waals surface area (Å²) in [6.45, 7) is 2.19. The predicted octanol–water partition coefficient (Wildman–Crippen LogP) is 1.30. The third-order valence-electron chi connectivity index (χ3n) is 2.34. The van der Waals surface area contributed by atoms with Crippen molar-refractivity contribution in [3.8, 4) is 0 Å². The molecule has 0 aromatic carbocycles. The molecule has 1 unspecified atom stereocenters. The van der Waals surface area contributed by atoms with Crippen LogP contribution in [0.5, 0.6) is 0 Å². The van der Waals surface area contributed by atoms with Crippen LogP contribution in [0.1, 0.15) is 32.6 Å². The van der Waals surface area contributed by atoms with Gasteiger partial charge in [0.1, 0.15) is 0 Å². The second-order valence-electron chi connectivity index (χ2n) is 3.37. The fraction of sp³-hybridized carbons (Fsp3) is 0.875. The van der Waals surface area contributed by atoms with Crippen LogP contribution in [-0.4, -0.2) is 5.91 Å². The molecule has 0 radical (unpaired) electrons. The summed E-state index contributed by atoms with van der Waals surface area (Å²) in [5.74, 6) is 0.765. The SMILES string of the molecule is C[C@@H]1CCCC(C(N)=O)C1. The maximum absolute atomic E-state index is 10.7. The minimum atomic E-state index is -0.105. The van der Waals surface area contributed by atoms with E-state index in [-0.39, 0.29) is 11.8 Å². The van der Waals surface area contributed by atoms with Gasteiger partial charge in [0.2, 0.25) is 5.91 Å². The Morgan fingerprint density at radius 1 is 1.50 bits per heavy atom. The lowest BCUT2D eigenvalue weighted by atomic mass is 9.82. The summed E-state index contributed by atoms with van der Waals surface area (Å²) in [6, 6.07) is 0. The smallest absolute Gasteiger partial charge is 0.220 e. The zero-order valence-corrected chi connectivity index (χ0v) is 6.47. The summed E-state index contributed by atoms with van der Waals surface area (Å²) in [5.41, 5.74) is 5.19. The number of nitrogens with two attached hydrogens (primary N) is 1. The van der Waals surface area contributed by atoms with Gasteiger partial charge in [0.15, 0.2) is 0 Å². The largest absolute Gasteiger partial charge is 0.369 e. The molecule has 1 rings (SSSR count). The van der Waals surface area contributed by atoms with Gasteiger partial charge in [-0.3, -0.25) is 4.79 Å². The molecule has 0 aromatic heterocycles. The number of primary amides is 1. The molecule has 1 aliphatic rings. The second kappa shape index (κ2) is 3.04. The van der Waals surface area contributed by atoms with Gasteiger partial charge < -0.3 is 5.73 Å². The van der Waals surface area contributed by atoms with E-state index in [2.05, 4.69) is 6.92 Å². The van der Waals surface area contributed by atoms with E-state index in [9.17, 15) is 4.79 Å². The topological polar surface area (TPSA) is 43.1 Å². The average Bonchev–Trinajstić information content (AvgIpc) is 1.88. The van der Waals surface area contributed by atoms with Crippen LogP contribution in [-0.2, 0) is 4.79 Å². The van der Waals surface area contributed by atoms with Gasteiger partial charge in [-0.05, 0) is 18.8 Å². The molecule has 2 atom stereocenters. The molecule has 0 saturated heterocycles. The highest BCUT2D eigenvalue weighted by atomic mass is 16.1. The minimum absolute atomic E-state index is 0.105. The van der Waals surface area contributed by atoms with Crippen LogP contribution in [0.2, 0.25) is 0 Å². The highest BCUT2D eigenvalue weighted by molar-refractivity contribution is 5.76. The van der Waals surface area contributed by atoms with Crippen LogP contribution < -0.4 is 5.73 Å². The van der Waals surface area contributed by atoms with Crippen molar-refractivity contribution in [2.45, 2.75) is 32.6 Å². The molecule has 2 nitrogen and oxygen atoms in total. The molecular weight excluding hydrogens is 126 g/mol. The van der Waals surface area contributed by atoms with Crippen molar-refractivity contribution < 1.29 is 4.79 Å². The summed E-state index contributed by atoms with van der Waals surface area (Å²) in [6.07, 6.45) is 4.47. The molecule has 1 saturated carbocycles. The summed E-state index contributed by atoms with van der Waals surface area (Å²) < 4.78 is 0. The highest BCUT2D eigenvalue weighted by Crippen LogP contribution is 2.27. The van der Waals surface area contributed by atoms with Crippen LogP contribution in [0.4, 0.5) is 0 Å². The van der Waals surface area contributed by atoms with Crippen LogP contribution in [0.25, 0.3) is 0 Å². The van der Waals surface area contributed by atoms with E-state index in [0.717, 1.165) is 12.8 Å². The van der Waals surface area contributed by atoms with Crippen molar-refractivity contribution in [2.24, 2.45) is 17.6 Å². The molecule has 1 fully saturated rings. The standard InChI is InChI=1S/C8H15NO/c1-6-3-2-4-7(5-6)8(9)10/h6-7H,2-5H2,1H3,(H2,9,10)/t6-,7?/m1/s1. The van der Waals surface area contributed by atoms with Gasteiger partial charge in [0, 0.05) is 5.92 Å². The van der Waals surface area contributed by atoms with Gasteiger partial charge in [0.25, 0.3) is 0 Å². The predicted molar refractivity (Wildman–Crippen MR) is 40.3 cm³/mol. The quantitative estimate of drug-likeness (QED) is 0.587. The van der Waals surface area contributed by atoms with E-state index in [1.54, 1.807) is 0 Å². The van der Waals surface area contributed by atoms with Gasteiger partial charge in [-0.15, -0.1) is 0 Å². The Hall–Kier alpha value is -0.530. The number of carbonyl (C=O) groups excluding carboxylic acids is 1. The average molecular weight is 141 g/mol. The molecule has 10 heavy (non-hydrogen) atoms. The monoisotopic (exact) mass is 141 g/mol. The lowest BCUT2D eigenvalue weighted by Gasteiger charge is -2.23. The molecule has 0 aliphatic heterocycles. The summed E-state index contributed by atoms with van der Waals surface area (Å²) in [7, 11) is 0. The van der Waals surface area contributed by atoms with Gasteiger partial charge >= 0.3 is 0 Å². The van der Waals surface area contributed by atoms with E-state index in [4.69, 9.17) is 5.73 Å². The fourth-order valence-electron chi connectivity index (χ4n) is 1.69. The van der Waals surface area contributed by atoms with Crippen LogP contribution in [0, 0.1) is 11.8 Å². The van der Waals surface area contributed by atoms with E-state index in [1.165, 1.54) is 12.8 Å². The number of carbonyl (C=O) groups is 1. The van der Waals surface area contributed by atoms with Crippen molar-refractivity contribution in [3.05, 3.63) is 0 Å². The Morgan fingerprint density at radius 3 is 2.60 bits per heavy atom. The van der Waals surface area contributed by atoms with Crippen LogP contribution >= 0.6 is 0 Å². The molecule has 1 amide bonds. The Morgan fingerprint density at radius 2 is 2.20 bits per heavy atom. The van der Waals surface area contributed by atoms with E-state index in [1.807, 2.05) is 0 Å². The Labute approximate surface area is 61.8 Å². The first-order valence-electron chi connectivity index (χ1n) is 3.99. The van der Waals surface area contributed by atoms with Crippen molar-refractivity contribution in [2.75, 3.05) is 0 Å². The molecule has 2 N–H and O–H groups in total. The molecule has 0 bridgehead atoms. The molecule has 2 heteroatoms. The molecule has 0 aromatic rings. The molecule has 58 valence electrons. The lowest BCUT2D eigenvalue weighted by molar-refractivity contribution is -0.123. The highest BCUT2D eigenvalue weighted by Gasteiger charge is 2.22. The maximum Gasteiger partial charge on any atom is 0.220 e. The first-order valence-corrected chi connectivity index (χ1v) is 3.99. The minimum Gasteiger partial charge on any atom is -0.369 e. The van der Waals surface area contributed by atoms with E-state index < -0.39 is 0 Å². The zero-order chi connectivity index (χ0) is 7.56. The Balaban J connectivity index is 2.39. The second-order valence-corrected chi connectivity index (χ2v) is 3.37. The zero-order valence-electron chi connectivity index (χ0n) is 6.47. The van der Waals surface area contributed by atoms with Gasteiger partial charge in [-0.2, -0.15) is 0 Å². The first-order chi connectivity index (χ1) is 4.70. The fourth-order valence-corrected chi connectivity index (χ4v) is 1.69. The third kappa shape index (κ3) is 1.72. The molecule has 0 spiro atoms. The number of amides is 1. The first kappa shape index (κ1) is 7.58. The summed E-state index contributed by atoms with van der Waals surface area (Å²) >= 11 is 0. The van der Waals surface area contributed by atoms with Crippen molar-refractivity contribution in [1.29, 1.82) is 0 Å². The lowest BCUT2D eigenvalue weighted by Crippen LogP contribution is -2.27. The van der Waals surface area contributed by atoms with Crippen LogP contribution in [0.15, 0.2) is 0 Å². The number of hydrogen-bond acceptors (Lipinski definition) is 1. The molecular formula is C8H15NO. The Bertz CT molecular complexity index is 133. The Kier molecular flexibility index (Phi) is 2.30. The maximum atomic E-state index is 10.7. The van der Waals surface area contributed by atoms with E-state index in [0.29, 0.717) is 5.92 Å². The molecule has 0 heterocycles. The van der Waals surface area contributed by atoms with Gasteiger partial charge in [0.05, 0.1) is 0 Å².